The van der Waals surface area contributed by atoms with Crippen LogP contribution in [0.15, 0.2) is 30.5 Å². The molecule has 0 aliphatic heterocycles. The number of aromatic amines is 1. The molecule has 0 aromatic carbocycles. The molecule has 4 heteroatoms. The summed E-state index contributed by atoms with van der Waals surface area (Å²) in [6, 6.07) is 8.08. The van der Waals surface area contributed by atoms with Gasteiger partial charge < -0.3 is 0 Å². The standard InChI is InChI=1S/C13H13N3S/c17-12-7-6-11(15-16-12)10-5-1-3-9-4-2-8-14-13(9)10/h2,4,6-8,10H,1,3,5H2,(H,16,17). The van der Waals surface area contributed by atoms with Gasteiger partial charge in [-0.05, 0) is 43.0 Å². The molecule has 3 rings (SSSR count). The van der Waals surface area contributed by atoms with E-state index in [-0.39, 0.29) is 0 Å². The normalized spacial score (nSPS) is 18.7. The minimum atomic E-state index is 0.312. The van der Waals surface area contributed by atoms with Crippen LogP contribution in [-0.2, 0) is 6.42 Å². The fourth-order valence-electron chi connectivity index (χ4n) is 2.45. The zero-order valence-electron chi connectivity index (χ0n) is 9.39. The molecule has 3 nitrogen and oxygen atoms in total. The lowest BCUT2D eigenvalue weighted by molar-refractivity contribution is 0.581. The Morgan fingerprint density at radius 3 is 3.06 bits per heavy atom. The van der Waals surface area contributed by atoms with Gasteiger partial charge in [0.05, 0.1) is 11.4 Å². The van der Waals surface area contributed by atoms with Crippen LogP contribution < -0.4 is 0 Å². The minimum absolute atomic E-state index is 0.312. The first-order chi connectivity index (χ1) is 8.34. The van der Waals surface area contributed by atoms with Crippen LogP contribution in [0.25, 0.3) is 0 Å². The van der Waals surface area contributed by atoms with Gasteiger partial charge in [-0.15, -0.1) is 0 Å². The predicted molar refractivity (Wildman–Crippen MR) is 68.4 cm³/mol. The maximum atomic E-state index is 5.02. The van der Waals surface area contributed by atoms with E-state index < -0.39 is 0 Å². The van der Waals surface area contributed by atoms with Crippen LogP contribution in [0.2, 0.25) is 0 Å². The third-order valence-electron chi connectivity index (χ3n) is 3.25. The second-order valence-corrected chi connectivity index (χ2v) is 4.78. The summed E-state index contributed by atoms with van der Waals surface area (Å²) in [5.74, 6) is 0.312. The molecule has 86 valence electrons. The Kier molecular flexibility index (Phi) is 2.73. The fraction of sp³-hybridized carbons (Fsp3) is 0.308. The number of hydrogen-bond donors (Lipinski definition) is 1. The number of fused-ring (bicyclic) bond motifs is 1. The molecule has 0 amide bonds. The predicted octanol–water partition coefficient (Wildman–Crippen LogP) is 3.00. The fourth-order valence-corrected chi connectivity index (χ4v) is 2.56. The lowest BCUT2D eigenvalue weighted by Gasteiger charge is -2.23. The molecular formula is C13H13N3S. The zero-order chi connectivity index (χ0) is 11.7. The molecule has 1 aliphatic carbocycles. The van der Waals surface area contributed by atoms with E-state index in [1.807, 2.05) is 24.4 Å². The number of pyridine rings is 1. The minimum Gasteiger partial charge on any atom is -0.267 e. The summed E-state index contributed by atoms with van der Waals surface area (Å²) in [7, 11) is 0. The highest BCUT2D eigenvalue weighted by molar-refractivity contribution is 7.71. The summed E-state index contributed by atoms with van der Waals surface area (Å²) in [5, 5.41) is 7.20. The second-order valence-electron chi connectivity index (χ2n) is 4.34. The van der Waals surface area contributed by atoms with Crippen LogP contribution in [0.3, 0.4) is 0 Å². The van der Waals surface area contributed by atoms with E-state index in [1.165, 1.54) is 17.7 Å². The van der Waals surface area contributed by atoms with Gasteiger partial charge in [-0.1, -0.05) is 18.3 Å². The van der Waals surface area contributed by atoms with E-state index in [2.05, 4.69) is 21.2 Å². The first-order valence-electron chi connectivity index (χ1n) is 5.84. The molecule has 0 saturated carbocycles. The largest absolute Gasteiger partial charge is 0.267 e. The first kappa shape index (κ1) is 10.6. The van der Waals surface area contributed by atoms with Crippen molar-refractivity contribution in [1.82, 2.24) is 15.2 Å². The van der Waals surface area contributed by atoms with E-state index in [4.69, 9.17) is 12.2 Å². The molecule has 1 atom stereocenters. The van der Waals surface area contributed by atoms with E-state index in [0.29, 0.717) is 10.6 Å². The molecule has 2 heterocycles. The van der Waals surface area contributed by atoms with Crippen LogP contribution in [0.1, 0.15) is 35.7 Å². The van der Waals surface area contributed by atoms with Crippen molar-refractivity contribution >= 4 is 12.2 Å². The van der Waals surface area contributed by atoms with Crippen LogP contribution in [-0.4, -0.2) is 15.2 Å². The van der Waals surface area contributed by atoms with E-state index in [1.54, 1.807) is 0 Å². The Balaban J connectivity index is 2.05. The van der Waals surface area contributed by atoms with Crippen molar-refractivity contribution in [2.75, 3.05) is 0 Å². The average molecular weight is 243 g/mol. The van der Waals surface area contributed by atoms with Gasteiger partial charge in [-0.25, -0.2) is 0 Å². The highest BCUT2D eigenvalue weighted by Crippen LogP contribution is 2.33. The third kappa shape index (κ3) is 2.00. The molecule has 2 aromatic heterocycles. The molecule has 1 N–H and O–H groups in total. The van der Waals surface area contributed by atoms with Crippen molar-refractivity contribution < 1.29 is 0 Å². The number of nitrogens with one attached hydrogen (secondary N) is 1. The lowest BCUT2D eigenvalue weighted by Crippen LogP contribution is -2.14. The van der Waals surface area contributed by atoms with E-state index >= 15 is 0 Å². The Hall–Kier alpha value is -1.55. The monoisotopic (exact) mass is 243 g/mol. The Bertz CT molecular complexity index is 571. The highest BCUT2D eigenvalue weighted by Gasteiger charge is 2.23. The van der Waals surface area contributed by atoms with Crippen molar-refractivity contribution in [3.05, 3.63) is 52.1 Å². The Labute approximate surface area is 105 Å². The van der Waals surface area contributed by atoms with Crippen LogP contribution in [0.5, 0.6) is 0 Å². The lowest BCUT2D eigenvalue weighted by atomic mass is 9.84. The van der Waals surface area contributed by atoms with E-state index in [0.717, 1.165) is 18.5 Å². The van der Waals surface area contributed by atoms with Crippen LogP contribution in [0, 0.1) is 4.64 Å². The molecular weight excluding hydrogens is 230 g/mol. The first-order valence-corrected chi connectivity index (χ1v) is 6.25. The second kappa shape index (κ2) is 4.37. The molecule has 1 aliphatic rings. The molecule has 0 bridgehead atoms. The van der Waals surface area contributed by atoms with Crippen molar-refractivity contribution in [3.63, 3.8) is 0 Å². The molecule has 17 heavy (non-hydrogen) atoms. The van der Waals surface area contributed by atoms with Crippen LogP contribution in [0.4, 0.5) is 0 Å². The zero-order valence-corrected chi connectivity index (χ0v) is 10.2. The molecule has 0 radical (unpaired) electrons. The van der Waals surface area contributed by atoms with Gasteiger partial charge in [0.1, 0.15) is 4.64 Å². The van der Waals surface area contributed by atoms with Gasteiger partial charge in [-0.3, -0.25) is 10.1 Å². The molecule has 2 aromatic rings. The van der Waals surface area contributed by atoms with Crippen molar-refractivity contribution in [2.45, 2.75) is 25.2 Å². The van der Waals surface area contributed by atoms with Gasteiger partial charge in [-0.2, -0.15) is 5.10 Å². The maximum Gasteiger partial charge on any atom is 0.119 e. The smallest absolute Gasteiger partial charge is 0.119 e. The van der Waals surface area contributed by atoms with Gasteiger partial charge in [0.2, 0.25) is 0 Å². The van der Waals surface area contributed by atoms with Gasteiger partial charge in [0.25, 0.3) is 0 Å². The summed E-state index contributed by atoms with van der Waals surface area (Å²) in [6.45, 7) is 0. The molecule has 0 saturated heterocycles. The number of H-pyrrole nitrogens is 1. The number of rotatable bonds is 1. The summed E-state index contributed by atoms with van der Waals surface area (Å²) in [4.78, 5) is 4.52. The average Bonchev–Trinajstić information content (AvgIpc) is 2.39. The quantitative estimate of drug-likeness (QED) is 0.783. The summed E-state index contributed by atoms with van der Waals surface area (Å²) in [5.41, 5.74) is 3.57. The van der Waals surface area contributed by atoms with Crippen molar-refractivity contribution in [1.29, 1.82) is 0 Å². The number of nitrogens with zero attached hydrogens (tertiary/aromatic N) is 2. The van der Waals surface area contributed by atoms with Crippen molar-refractivity contribution in [3.8, 4) is 0 Å². The molecule has 0 fully saturated rings. The molecule has 0 spiro atoms. The SMILES string of the molecule is S=c1ccc(C2CCCc3cccnc32)n[nH]1. The van der Waals surface area contributed by atoms with Crippen LogP contribution >= 0.6 is 12.2 Å². The summed E-state index contributed by atoms with van der Waals surface area (Å²) < 4.78 is 0.672. The Morgan fingerprint density at radius 1 is 1.29 bits per heavy atom. The summed E-state index contributed by atoms with van der Waals surface area (Å²) in [6.07, 6.45) is 5.30. The molecule has 1 unspecified atom stereocenters. The maximum absolute atomic E-state index is 5.02. The van der Waals surface area contributed by atoms with E-state index in [9.17, 15) is 0 Å². The number of aromatic nitrogens is 3. The van der Waals surface area contributed by atoms with Gasteiger partial charge in [0, 0.05) is 12.1 Å². The van der Waals surface area contributed by atoms with Gasteiger partial charge >= 0.3 is 0 Å². The number of hydrogen-bond acceptors (Lipinski definition) is 3. The Morgan fingerprint density at radius 2 is 2.24 bits per heavy atom. The topological polar surface area (TPSA) is 41.6 Å². The summed E-state index contributed by atoms with van der Waals surface area (Å²) >= 11 is 5.02. The number of aryl methyl sites for hydroxylation is 1. The third-order valence-corrected chi connectivity index (χ3v) is 3.48. The van der Waals surface area contributed by atoms with Gasteiger partial charge in [0.15, 0.2) is 0 Å². The highest BCUT2D eigenvalue weighted by atomic mass is 32.1. The van der Waals surface area contributed by atoms with Crippen molar-refractivity contribution in [2.24, 2.45) is 0 Å².